The van der Waals surface area contributed by atoms with Crippen LogP contribution in [0.25, 0.3) is 0 Å². The van der Waals surface area contributed by atoms with E-state index in [1.807, 2.05) is 13.2 Å². The molecule has 0 saturated heterocycles. The van der Waals surface area contributed by atoms with Crippen molar-refractivity contribution in [1.82, 2.24) is 15.1 Å². The molecule has 0 aliphatic rings. The molecule has 0 bridgehead atoms. The number of rotatable bonds is 4. The second-order valence-corrected chi connectivity index (χ2v) is 5.07. The van der Waals surface area contributed by atoms with Crippen LogP contribution < -0.4 is 5.32 Å². The Balaban J connectivity index is 2.96. The van der Waals surface area contributed by atoms with E-state index >= 15 is 0 Å². The summed E-state index contributed by atoms with van der Waals surface area (Å²) in [4.78, 5) is 0. The molecule has 0 aromatic carbocycles. The molecule has 1 aromatic heterocycles. The summed E-state index contributed by atoms with van der Waals surface area (Å²) in [6, 6.07) is 2.47. The Bertz CT molecular complexity index is 296. The molecule has 0 aliphatic carbocycles. The van der Waals surface area contributed by atoms with E-state index in [4.69, 9.17) is 0 Å². The highest BCUT2D eigenvalue weighted by atomic mass is 15.3. The van der Waals surface area contributed by atoms with Crippen LogP contribution in [0.1, 0.15) is 45.9 Å². The van der Waals surface area contributed by atoms with Crippen molar-refractivity contribution in [2.45, 2.75) is 46.7 Å². The Kier molecular flexibility index (Phi) is 3.91. The zero-order valence-corrected chi connectivity index (χ0v) is 10.5. The van der Waals surface area contributed by atoms with Crippen LogP contribution >= 0.6 is 0 Å². The van der Waals surface area contributed by atoms with Gasteiger partial charge in [0, 0.05) is 12.7 Å². The van der Waals surface area contributed by atoms with Gasteiger partial charge in [0.1, 0.15) is 0 Å². The highest BCUT2D eigenvalue weighted by Gasteiger charge is 2.27. The van der Waals surface area contributed by atoms with Crippen molar-refractivity contribution in [3.05, 3.63) is 18.0 Å². The Morgan fingerprint density at radius 2 is 2.13 bits per heavy atom. The van der Waals surface area contributed by atoms with Gasteiger partial charge in [-0.05, 0) is 24.9 Å². The molecule has 1 unspecified atom stereocenters. The highest BCUT2D eigenvalue weighted by Crippen LogP contribution is 2.32. The van der Waals surface area contributed by atoms with E-state index in [2.05, 4.69) is 48.9 Å². The smallest absolute Gasteiger partial charge is 0.0558 e. The summed E-state index contributed by atoms with van der Waals surface area (Å²) in [5.74, 6) is 0. The fourth-order valence-electron chi connectivity index (χ4n) is 2.01. The lowest BCUT2D eigenvalue weighted by atomic mass is 9.85. The van der Waals surface area contributed by atoms with Gasteiger partial charge in [-0.3, -0.25) is 4.68 Å². The number of aromatic nitrogens is 2. The highest BCUT2D eigenvalue weighted by molar-refractivity contribution is 5.10. The first-order chi connectivity index (χ1) is 7.00. The van der Waals surface area contributed by atoms with Crippen LogP contribution in [0.3, 0.4) is 0 Å². The summed E-state index contributed by atoms with van der Waals surface area (Å²) in [7, 11) is 2.01. The standard InChI is InChI=1S/C12H23N3/c1-6-9-15-10(7-8-14-15)11(13-5)12(2,3)4/h7-8,11,13H,6,9H2,1-5H3. The Morgan fingerprint density at radius 1 is 1.47 bits per heavy atom. The lowest BCUT2D eigenvalue weighted by molar-refractivity contribution is 0.271. The van der Waals surface area contributed by atoms with E-state index in [1.165, 1.54) is 5.69 Å². The topological polar surface area (TPSA) is 29.9 Å². The van der Waals surface area contributed by atoms with E-state index in [-0.39, 0.29) is 5.41 Å². The first kappa shape index (κ1) is 12.2. The molecule has 86 valence electrons. The number of nitrogens with one attached hydrogen (secondary N) is 1. The number of nitrogens with zero attached hydrogens (tertiary/aromatic N) is 2. The zero-order valence-electron chi connectivity index (χ0n) is 10.5. The average Bonchev–Trinajstić information content (AvgIpc) is 2.53. The van der Waals surface area contributed by atoms with Crippen LogP contribution in [0.5, 0.6) is 0 Å². The molecule has 3 nitrogen and oxygen atoms in total. The number of hydrogen-bond donors (Lipinski definition) is 1. The van der Waals surface area contributed by atoms with Crippen LogP contribution in [0.15, 0.2) is 12.3 Å². The fraction of sp³-hybridized carbons (Fsp3) is 0.750. The molecule has 0 fully saturated rings. The summed E-state index contributed by atoms with van der Waals surface area (Å²) in [6.07, 6.45) is 3.01. The minimum Gasteiger partial charge on any atom is -0.311 e. The maximum absolute atomic E-state index is 4.36. The van der Waals surface area contributed by atoms with E-state index < -0.39 is 0 Å². The summed E-state index contributed by atoms with van der Waals surface area (Å²) in [5, 5.41) is 7.75. The van der Waals surface area contributed by atoms with Gasteiger partial charge in [-0.15, -0.1) is 0 Å². The lowest BCUT2D eigenvalue weighted by Crippen LogP contribution is -2.31. The van der Waals surface area contributed by atoms with E-state index in [0.29, 0.717) is 6.04 Å². The van der Waals surface area contributed by atoms with Crippen LogP contribution in [-0.4, -0.2) is 16.8 Å². The molecule has 0 spiro atoms. The fourth-order valence-corrected chi connectivity index (χ4v) is 2.01. The van der Waals surface area contributed by atoms with Gasteiger partial charge < -0.3 is 5.32 Å². The van der Waals surface area contributed by atoms with E-state index in [0.717, 1.165) is 13.0 Å². The van der Waals surface area contributed by atoms with Gasteiger partial charge in [0.05, 0.1) is 11.7 Å². The summed E-state index contributed by atoms with van der Waals surface area (Å²) >= 11 is 0. The van der Waals surface area contributed by atoms with Gasteiger partial charge in [-0.25, -0.2) is 0 Å². The molecule has 1 atom stereocenters. The third-order valence-electron chi connectivity index (χ3n) is 2.64. The van der Waals surface area contributed by atoms with Crippen LogP contribution in [0.2, 0.25) is 0 Å². The summed E-state index contributed by atoms with van der Waals surface area (Å²) < 4.78 is 2.10. The van der Waals surface area contributed by atoms with Gasteiger partial charge >= 0.3 is 0 Å². The predicted octanol–water partition coefficient (Wildman–Crippen LogP) is 2.60. The van der Waals surface area contributed by atoms with Crippen LogP contribution in [0, 0.1) is 5.41 Å². The minimum atomic E-state index is 0.209. The van der Waals surface area contributed by atoms with Crippen LogP contribution in [0.4, 0.5) is 0 Å². The van der Waals surface area contributed by atoms with Crippen molar-refractivity contribution in [2.75, 3.05) is 7.05 Å². The SMILES string of the molecule is CCCn1nccc1C(NC)C(C)(C)C. The predicted molar refractivity (Wildman–Crippen MR) is 63.8 cm³/mol. The molecule has 3 heteroatoms. The summed E-state index contributed by atoms with van der Waals surface area (Å²) in [5.41, 5.74) is 1.49. The van der Waals surface area contributed by atoms with Crippen molar-refractivity contribution >= 4 is 0 Å². The molecule has 1 N–H and O–H groups in total. The monoisotopic (exact) mass is 209 g/mol. The maximum Gasteiger partial charge on any atom is 0.0558 e. The Labute approximate surface area is 92.9 Å². The molecule has 0 amide bonds. The molecule has 0 aliphatic heterocycles. The van der Waals surface area contributed by atoms with Crippen molar-refractivity contribution in [3.63, 3.8) is 0 Å². The number of hydrogen-bond acceptors (Lipinski definition) is 2. The molecule has 1 aromatic rings. The third-order valence-corrected chi connectivity index (χ3v) is 2.64. The Morgan fingerprint density at radius 3 is 2.60 bits per heavy atom. The number of aryl methyl sites for hydroxylation is 1. The van der Waals surface area contributed by atoms with Gasteiger partial charge in [-0.1, -0.05) is 27.7 Å². The van der Waals surface area contributed by atoms with Gasteiger partial charge in [0.15, 0.2) is 0 Å². The van der Waals surface area contributed by atoms with Crippen molar-refractivity contribution in [3.8, 4) is 0 Å². The normalized spacial score (nSPS) is 14.2. The van der Waals surface area contributed by atoms with Gasteiger partial charge in [0.2, 0.25) is 0 Å². The summed E-state index contributed by atoms with van der Waals surface area (Å²) in [6.45, 7) is 9.92. The van der Waals surface area contributed by atoms with Gasteiger partial charge in [0.25, 0.3) is 0 Å². The first-order valence-electron chi connectivity index (χ1n) is 5.69. The molecule has 0 radical (unpaired) electrons. The molecular weight excluding hydrogens is 186 g/mol. The molecule has 1 heterocycles. The van der Waals surface area contributed by atoms with Crippen molar-refractivity contribution in [1.29, 1.82) is 0 Å². The molecular formula is C12H23N3. The molecule has 1 rings (SSSR count). The maximum atomic E-state index is 4.36. The van der Waals surface area contributed by atoms with Crippen molar-refractivity contribution < 1.29 is 0 Å². The lowest BCUT2D eigenvalue weighted by Gasteiger charge is -2.30. The largest absolute Gasteiger partial charge is 0.311 e. The second kappa shape index (κ2) is 4.79. The second-order valence-electron chi connectivity index (χ2n) is 5.07. The zero-order chi connectivity index (χ0) is 11.5. The minimum absolute atomic E-state index is 0.209. The van der Waals surface area contributed by atoms with Crippen molar-refractivity contribution in [2.24, 2.45) is 5.41 Å². The Hall–Kier alpha value is -0.830. The van der Waals surface area contributed by atoms with E-state index in [9.17, 15) is 0 Å². The quantitative estimate of drug-likeness (QED) is 0.826. The molecule has 15 heavy (non-hydrogen) atoms. The van der Waals surface area contributed by atoms with Crippen LogP contribution in [-0.2, 0) is 6.54 Å². The third kappa shape index (κ3) is 2.81. The average molecular weight is 209 g/mol. The molecule has 0 saturated carbocycles. The van der Waals surface area contributed by atoms with Gasteiger partial charge in [-0.2, -0.15) is 5.10 Å². The van der Waals surface area contributed by atoms with E-state index in [1.54, 1.807) is 0 Å². The first-order valence-corrected chi connectivity index (χ1v) is 5.69.